The van der Waals surface area contributed by atoms with Gasteiger partial charge in [0.1, 0.15) is 17.5 Å². The summed E-state index contributed by atoms with van der Waals surface area (Å²) >= 11 is 14.3. The van der Waals surface area contributed by atoms with E-state index in [4.69, 9.17) is 32.7 Å². The van der Waals surface area contributed by atoms with Crippen molar-refractivity contribution in [1.82, 2.24) is 5.32 Å². The molecule has 2 aliphatic heterocycles. The Kier molecular flexibility index (Phi) is 13.1. The summed E-state index contributed by atoms with van der Waals surface area (Å²) in [4.78, 5) is 51.8. The van der Waals surface area contributed by atoms with E-state index in [1.807, 2.05) is 67.6 Å². The number of carboxylic acids is 2. The third-order valence-electron chi connectivity index (χ3n) is 10.2. The van der Waals surface area contributed by atoms with Crippen molar-refractivity contribution in [3.05, 3.63) is 82.8 Å². The summed E-state index contributed by atoms with van der Waals surface area (Å²) in [6.45, 7) is 2.80. The van der Waals surface area contributed by atoms with E-state index in [2.05, 4.69) is 5.32 Å². The zero-order chi connectivity index (χ0) is 41.0. The third-order valence-corrected chi connectivity index (χ3v) is 11.0. The number of fused-ring (bicyclic) bond motifs is 2. The van der Waals surface area contributed by atoms with Gasteiger partial charge in [0.15, 0.2) is 13.2 Å². The van der Waals surface area contributed by atoms with E-state index in [-0.39, 0.29) is 37.5 Å². The van der Waals surface area contributed by atoms with Crippen LogP contribution in [0.4, 0.5) is 11.4 Å². The quantitative estimate of drug-likeness (QED) is 0.0896. The van der Waals surface area contributed by atoms with Gasteiger partial charge in [-0.05, 0) is 61.1 Å². The van der Waals surface area contributed by atoms with E-state index < -0.39 is 43.2 Å². The van der Waals surface area contributed by atoms with Crippen molar-refractivity contribution in [2.45, 2.75) is 38.8 Å². The Morgan fingerprint density at radius 1 is 0.702 bits per heavy atom. The second kappa shape index (κ2) is 18.0. The summed E-state index contributed by atoms with van der Waals surface area (Å²) in [5.74, 6) is -2.65. The Morgan fingerprint density at radius 2 is 1.19 bits per heavy atom. The van der Waals surface area contributed by atoms with Crippen LogP contribution >= 0.6 is 23.2 Å². The molecule has 13 nitrogen and oxygen atoms in total. The molecule has 0 saturated carbocycles. The maximum absolute atomic E-state index is 12.9. The van der Waals surface area contributed by atoms with E-state index >= 15 is 0 Å². The van der Waals surface area contributed by atoms with Crippen molar-refractivity contribution in [2.24, 2.45) is 11.8 Å². The van der Waals surface area contributed by atoms with Crippen molar-refractivity contribution in [3.63, 3.8) is 0 Å². The first-order valence-corrected chi connectivity index (χ1v) is 19.2. The molecule has 0 aromatic heterocycles. The van der Waals surface area contributed by atoms with Crippen molar-refractivity contribution < 1.29 is 49.1 Å². The minimum atomic E-state index is -1.19. The summed E-state index contributed by atoms with van der Waals surface area (Å²) in [6, 6.07) is 20.5. The SMILES string of the molecule is C[C@H](CC[C@@H](CO)C(=O)O)CN1C(=O)COc2cc(-c3cccc(-c4cccc(-c5ccc6c(c5)OCC(=O)N6C[C@H](C)N[C@@H](CO)C(=O)O)c4Cl)c3Cl)ccc21. The largest absolute Gasteiger partial charge is 0.482 e. The van der Waals surface area contributed by atoms with Crippen LogP contribution in [0.15, 0.2) is 72.8 Å². The number of halogens is 2. The molecule has 0 aliphatic carbocycles. The number of nitrogens with one attached hydrogen (secondary N) is 1. The van der Waals surface area contributed by atoms with Gasteiger partial charge in [-0.3, -0.25) is 24.5 Å². The third kappa shape index (κ3) is 9.03. The predicted octanol–water partition coefficient (Wildman–Crippen LogP) is 5.98. The molecule has 4 aromatic carbocycles. The number of aliphatic hydroxyl groups is 2. The molecule has 5 N–H and O–H groups in total. The first-order chi connectivity index (χ1) is 27.3. The lowest BCUT2D eigenvalue weighted by Crippen LogP contribution is -2.51. The highest BCUT2D eigenvalue weighted by Crippen LogP contribution is 2.45. The van der Waals surface area contributed by atoms with Gasteiger partial charge in [-0.1, -0.05) is 78.7 Å². The summed E-state index contributed by atoms with van der Waals surface area (Å²) in [5.41, 5.74) is 5.38. The number of aliphatic carboxylic acids is 2. The molecule has 0 spiro atoms. The van der Waals surface area contributed by atoms with Crippen molar-refractivity contribution in [1.29, 1.82) is 0 Å². The van der Waals surface area contributed by atoms with E-state index in [0.717, 1.165) is 11.1 Å². The van der Waals surface area contributed by atoms with Crippen LogP contribution in [0.1, 0.15) is 26.7 Å². The number of nitrogens with zero attached hydrogens (tertiary/aromatic N) is 2. The van der Waals surface area contributed by atoms with Gasteiger partial charge in [0.2, 0.25) is 0 Å². The molecule has 300 valence electrons. The molecule has 4 atom stereocenters. The number of rotatable bonds is 16. The standard InChI is InChI=1S/C42H43Cl2N3O10/c1-23(9-10-27(19-48)41(52)53)17-46-33-13-11-25(15-35(33)56-21-37(46)50)28-5-3-7-30(39(28)43)31-8-4-6-29(40(31)44)26-12-14-34-36(16-26)57-22-38(51)47(34)18-24(2)45-32(20-49)42(54)55/h3-8,11-16,23-24,27,32,45,48-49H,9-10,17-22H2,1-2H3,(H,52,53)(H,54,55)/t23-,24+,27+,32+/m1/s1. The first kappa shape index (κ1) is 41.5. The summed E-state index contributed by atoms with van der Waals surface area (Å²) in [7, 11) is 0. The number of carbonyl (C=O) groups is 4. The lowest BCUT2D eigenvalue weighted by atomic mass is 9.95. The zero-order valence-electron chi connectivity index (χ0n) is 31.3. The van der Waals surface area contributed by atoms with Gasteiger partial charge in [0.05, 0.1) is 40.6 Å². The summed E-state index contributed by atoms with van der Waals surface area (Å²) in [5, 5.41) is 41.1. The topological polar surface area (TPSA) is 186 Å². The Bertz CT molecular complexity index is 2180. The second-order valence-electron chi connectivity index (χ2n) is 14.3. The maximum Gasteiger partial charge on any atom is 0.323 e. The number of aliphatic hydroxyl groups excluding tert-OH is 2. The minimum Gasteiger partial charge on any atom is -0.482 e. The highest BCUT2D eigenvalue weighted by Gasteiger charge is 2.30. The number of carbonyl (C=O) groups excluding carboxylic acids is 2. The monoisotopic (exact) mass is 819 g/mol. The molecule has 2 amide bonds. The van der Waals surface area contributed by atoms with Crippen molar-refractivity contribution in [2.75, 3.05) is 49.3 Å². The van der Waals surface area contributed by atoms with E-state index in [1.54, 1.807) is 24.0 Å². The van der Waals surface area contributed by atoms with Gasteiger partial charge in [-0.25, -0.2) is 0 Å². The minimum absolute atomic E-state index is 0.0307. The van der Waals surface area contributed by atoms with Crippen LogP contribution in [-0.4, -0.2) is 95.8 Å². The van der Waals surface area contributed by atoms with Crippen LogP contribution in [0.2, 0.25) is 10.0 Å². The average molecular weight is 821 g/mol. The second-order valence-corrected chi connectivity index (χ2v) is 15.1. The number of ether oxygens (including phenoxy) is 2. The Labute approximate surface area is 339 Å². The molecule has 0 fully saturated rings. The lowest BCUT2D eigenvalue weighted by Gasteiger charge is -2.32. The number of amides is 2. The number of benzene rings is 4. The molecule has 0 radical (unpaired) electrons. The Hall–Kier alpha value is -5.18. The normalized spacial score (nSPS) is 15.8. The van der Waals surface area contributed by atoms with E-state index in [1.165, 1.54) is 4.90 Å². The maximum atomic E-state index is 12.9. The molecular weight excluding hydrogens is 777 g/mol. The first-order valence-electron chi connectivity index (χ1n) is 18.5. The summed E-state index contributed by atoms with van der Waals surface area (Å²) < 4.78 is 11.7. The van der Waals surface area contributed by atoms with Crippen LogP contribution < -0.4 is 24.6 Å². The fraction of sp³-hybridized carbons (Fsp3) is 0.333. The molecule has 2 heterocycles. The fourth-order valence-corrected chi connectivity index (χ4v) is 7.80. The van der Waals surface area contributed by atoms with Crippen molar-refractivity contribution in [3.8, 4) is 44.9 Å². The van der Waals surface area contributed by atoms with Gasteiger partial charge in [0, 0.05) is 41.4 Å². The molecule has 2 aliphatic rings. The molecule has 15 heteroatoms. The fourth-order valence-electron chi connectivity index (χ4n) is 7.12. The molecule has 6 rings (SSSR count). The number of carboxylic acid groups (broad SMARTS) is 2. The smallest absolute Gasteiger partial charge is 0.323 e. The van der Waals surface area contributed by atoms with Crippen LogP contribution in [0.25, 0.3) is 33.4 Å². The number of hydrogen-bond donors (Lipinski definition) is 5. The Balaban J connectivity index is 1.24. The molecule has 57 heavy (non-hydrogen) atoms. The van der Waals surface area contributed by atoms with Crippen LogP contribution in [0.3, 0.4) is 0 Å². The molecule has 0 unspecified atom stereocenters. The number of hydrogen-bond acceptors (Lipinski definition) is 9. The van der Waals surface area contributed by atoms with Gasteiger partial charge in [-0.2, -0.15) is 0 Å². The van der Waals surface area contributed by atoms with E-state index in [9.17, 15) is 39.6 Å². The van der Waals surface area contributed by atoms with Crippen LogP contribution in [0, 0.1) is 11.8 Å². The lowest BCUT2D eigenvalue weighted by molar-refractivity contribution is -0.143. The average Bonchev–Trinajstić information content (AvgIpc) is 3.19. The van der Waals surface area contributed by atoms with Crippen molar-refractivity contribution >= 4 is 58.3 Å². The predicted molar refractivity (Wildman–Crippen MR) is 216 cm³/mol. The highest BCUT2D eigenvalue weighted by atomic mass is 35.5. The molecule has 0 saturated heterocycles. The highest BCUT2D eigenvalue weighted by molar-refractivity contribution is 6.39. The number of anilines is 2. The van der Waals surface area contributed by atoms with Crippen LogP contribution in [0.5, 0.6) is 11.5 Å². The zero-order valence-corrected chi connectivity index (χ0v) is 32.8. The van der Waals surface area contributed by atoms with Gasteiger partial charge >= 0.3 is 11.9 Å². The van der Waals surface area contributed by atoms with Gasteiger partial charge in [0.25, 0.3) is 11.8 Å². The summed E-state index contributed by atoms with van der Waals surface area (Å²) in [6.07, 6.45) is 0.815. The molecular formula is C42H43Cl2N3O10. The van der Waals surface area contributed by atoms with E-state index in [0.29, 0.717) is 74.6 Å². The van der Waals surface area contributed by atoms with Gasteiger partial charge < -0.3 is 39.7 Å². The van der Waals surface area contributed by atoms with Gasteiger partial charge in [-0.15, -0.1) is 0 Å². The molecule has 4 aromatic rings. The van der Waals surface area contributed by atoms with Crippen LogP contribution in [-0.2, 0) is 19.2 Å². The Morgan fingerprint density at radius 3 is 1.65 bits per heavy atom. The molecule has 0 bridgehead atoms.